The Kier molecular flexibility index (Phi) is 3.23. The minimum atomic E-state index is -0.511. The Balaban J connectivity index is 2.68. The molecule has 0 aliphatic rings. The summed E-state index contributed by atoms with van der Waals surface area (Å²) in [7, 11) is 0. The molecule has 2 heteroatoms. The first-order valence-electron chi connectivity index (χ1n) is 3.97. The quantitative estimate of drug-likeness (QED) is 0.733. The van der Waals surface area contributed by atoms with Gasteiger partial charge in [0.2, 0.25) is 0 Å². The molecule has 0 aliphatic carbocycles. The molecule has 1 rings (SSSR count). The highest BCUT2D eigenvalue weighted by molar-refractivity contribution is 5.18. The van der Waals surface area contributed by atoms with Crippen LogP contribution in [0.25, 0.3) is 0 Å². The minimum absolute atomic E-state index is 0.277. The lowest BCUT2D eigenvalue weighted by Crippen LogP contribution is -1.96. The summed E-state index contributed by atoms with van der Waals surface area (Å²) in [5.41, 5.74) is 0.750. The van der Waals surface area contributed by atoms with Gasteiger partial charge in [-0.05, 0) is 24.1 Å². The molecule has 12 heavy (non-hydrogen) atoms. The Bertz CT molecular complexity index is 230. The highest BCUT2D eigenvalue weighted by Gasteiger charge is 2.04. The lowest BCUT2D eigenvalue weighted by Gasteiger charge is -2.08. The molecule has 0 aromatic heterocycles. The van der Waals surface area contributed by atoms with Crippen LogP contribution in [0.2, 0.25) is 0 Å². The summed E-state index contributed by atoms with van der Waals surface area (Å²) in [5, 5.41) is 9.45. The summed E-state index contributed by atoms with van der Waals surface area (Å²) in [6, 6.07) is 5.88. The number of rotatable bonds is 3. The molecule has 1 atom stereocenters. The molecule has 0 heterocycles. The minimum Gasteiger partial charge on any atom is -0.388 e. The Morgan fingerprint density at radius 3 is 2.42 bits per heavy atom. The number of aliphatic hydroxyl groups excluding tert-OH is 1. The molecule has 0 bridgehead atoms. The van der Waals surface area contributed by atoms with Gasteiger partial charge in [0.05, 0.1) is 6.10 Å². The van der Waals surface area contributed by atoms with E-state index in [9.17, 15) is 9.50 Å². The predicted octanol–water partition coefficient (Wildman–Crippen LogP) is 2.47. The fourth-order valence-corrected chi connectivity index (χ4v) is 1.04. The Morgan fingerprint density at radius 2 is 1.92 bits per heavy atom. The SMILES string of the molecule is [CH2]CC[C@H](O)c1ccc(F)cc1. The van der Waals surface area contributed by atoms with Gasteiger partial charge in [0.25, 0.3) is 0 Å². The van der Waals surface area contributed by atoms with Gasteiger partial charge in [0.15, 0.2) is 0 Å². The fraction of sp³-hybridized carbons (Fsp3) is 0.300. The van der Waals surface area contributed by atoms with Gasteiger partial charge in [-0.1, -0.05) is 25.5 Å². The van der Waals surface area contributed by atoms with Crippen LogP contribution in [0.1, 0.15) is 24.5 Å². The van der Waals surface area contributed by atoms with Crippen molar-refractivity contribution in [1.29, 1.82) is 0 Å². The zero-order chi connectivity index (χ0) is 8.97. The van der Waals surface area contributed by atoms with E-state index in [1.807, 2.05) is 0 Å². The van der Waals surface area contributed by atoms with Crippen LogP contribution >= 0.6 is 0 Å². The summed E-state index contributed by atoms with van der Waals surface area (Å²) in [6.07, 6.45) is 0.785. The molecule has 0 saturated heterocycles. The second-order valence-electron chi connectivity index (χ2n) is 2.71. The van der Waals surface area contributed by atoms with E-state index >= 15 is 0 Å². The van der Waals surface area contributed by atoms with E-state index in [0.717, 1.165) is 5.56 Å². The van der Waals surface area contributed by atoms with Crippen LogP contribution < -0.4 is 0 Å². The molecule has 1 aromatic carbocycles. The smallest absolute Gasteiger partial charge is 0.123 e. The fourth-order valence-electron chi connectivity index (χ4n) is 1.04. The Morgan fingerprint density at radius 1 is 1.33 bits per heavy atom. The molecule has 0 aliphatic heterocycles. The zero-order valence-electron chi connectivity index (χ0n) is 6.83. The van der Waals surface area contributed by atoms with E-state index in [4.69, 9.17) is 0 Å². The van der Waals surface area contributed by atoms with E-state index in [-0.39, 0.29) is 5.82 Å². The Labute approximate surface area is 71.9 Å². The molecule has 0 saturated carbocycles. The average Bonchev–Trinajstić information content (AvgIpc) is 2.06. The standard InChI is InChI=1S/C10H12FO/c1-2-3-10(12)8-4-6-9(11)7-5-8/h4-7,10,12H,1-3H2/t10-/m0/s1. The second kappa shape index (κ2) is 4.21. The van der Waals surface area contributed by atoms with Crippen LogP contribution in [0.5, 0.6) is 0 Å². The monoisotopic (exact) mass is 167 g/mol. The van der Waals surface area contributed by atoms with Crippen molar-refractivity contribution < 1.29 is 9.50 Å². The first kappa shape index (κ1) is 9.20. The molecule has 0 unspecified atom stereocenters. The summed E-state index contributed by atoms with van der Waals surface area (Å²) >= 11 is 0. The molecule has 65 valence electrons. The van der Waals surface area contributed by atoms with Crippen molar-refractivity contribution in [2.75, 3.05) is 0 Å². The lowest BCUT2D eigenvalue weighted by atomic mass is 10.1. The van der Waals surface area contributed by atoms with Crippen molar-refractivity contribution >= 4 is 0 Å². The molecule has 0 amide bonds. The van der Waals surface area contributed by atoms with Crippen molar-refractivity contribution in [3.05, 3.63) is 42.6 Å². The number of halogens is 1. The van der Waals surface area contributed by atoms with Gasteiger partial charge in [-0.3, -0.25) is 0 Å². The zero-order valence-corrected chi connectivity index (χ0v) is 6.83. The Hall–Kier alpha value is -0.890. The van der Waals surface area contributed by atoms with E-state index in [1.165, 1.54) is 12.1 Å². The van der Waals surface area contributed by atoms with E-state index in [2.05, 4.69) is 6.92 Å². The van der Waals surface area contributed by atoms with Crippen molar-refractivity contribution in [2.24, 2.45) is 0 Å². The van der Waals surface area contributed by atoms with E-state index < -0.39 is 6.10 Å². The van der Waals surface area contributed by atoms with Gasteiger partial charge in [-0.2, -0.15) is 0 Å². The molecule has 1 N–H and O–H groups in total. The summed E-state index contributed by atoms with van der Waals surface area (Å²) < 4.78 is 12.4. The number of benzene rings is 1. The van der Waals surface area contributed by atoms with Gasteiger partial charge in [-0.25, -0.2) is 4.39 Å². The molecule has 1 nitrogen and oxygen atoms in total. The third kappa shape index (κ3) is 2.31. The summed E-state index contributed by atoms with van der Waals surface area (Å²) in [6.45, 7) is 3.63. The number of hydrogen-bond donors (Lipinski definition) is 1. The van der Waals surface area contributed by atoms with Gasteiger partial charge in [-0.15, -0.1) is 0 Å². The highest BCUT2D eigenvalue weighted by Crippen LogP contribution is 2.17. The van der Waals surface area contributed by atoms with E-state index in [0.29, 0.717) is 12.8 Å². The van der Waals surface area contributed by atoms with Gasteiger partial charge in [0.1, 0.15) is 5.82 Å². The second-order valence-corrected chi connectivity index (χ2v) is 2.71. The average molecular weight is 167 g/mol. The van der Waals surface area contributed by atoms with Gasteiger partial charge >= 0.3 is 0 Å². The first-order chi connectivity index (χ1) is 5.74. The third-order valence-corrected chi connectivity index (χ3v) is 1.73. The van der Waals surface area contributed by atoms with Gasteiger partial charge < -0.3 is 5.11 Å². The summed E-state index contributed by atoms with van der Waals surface area (Å²) in [5.74, 6) is -0.277. The van der Waals surface area contributed by atoms with Crippen LogP contribution in [-0.2, 0) is 0 Å². The number of aliphatic hydroxyl groups is 1. The van der Waals surface area contributed by atoms with Crippen LogP contribution in [-0.4, -0.2) is 5.11 Å². The first-order valence-corrected chi connectivity index (χ1v) is 3.97. The van der Waals surface area contributed by atoms with Crippen LogP contribution in [0, 0.1) is 12.7 Å². The number of hydrogen-bond acceptors (Lipinski definition) is 1. The van der Waals surface area contributed by atoms with Crippen molar-refractivity contribution in [3.8, 4) is 0 Å². The van der Waals surface area contributed by atoms with E-state index in [1.54, 1.807) is 12.1 Å². The molecular weight excluding hydrogens is 155 g/mol. The lowest BCUT2D eigenvalue weighted by molar-refractivity contribution is 0.168. The summed E-state index contributed by atoms with van der Waals surface area (Å²) in [4.78, 5) is 0. The molecule has 0 spiro atoms. The molecule has 1 aromatic rings. The predicted molar refractivity (Wildman–Crippen MR) is 46.0 cm³/mol. The maximum atomic E-state index is 12.4. The van der Waals surface area contributed by atoms with Crippen LogP contribution in [0.4, 0.5) is 4.39 Å². The molecular formula is C10H12FO. The van der Waals surface area contributed by atoms with Crippen LogP contribution in [0.3, 0.4) is 0 Å². The van der Waals surface area contributed by atoms with Crippen molar-refractivity contribution in [1.82, 2.24) is 0 Å². The van der Waals surface area contributed by atoms with Crippen LogP contribution in [0.15, 0.2) is 24.3 Å². The maximum absolute atomic E-state index is 12.4. The normalized spacial score (nSPS) is 12.9. The topological polar surface area (TPSA) is 20.2 Å². The van der Waals surface area contributed by atoms with Crippen molar-refractivity contribution in [2.45, 2.75) is 18.9 Å². The maximum Gasteiger partial charge on any atom is 0.123 e. The third-order valence-electron chi connectivity index (χ3n) is 1.73. The molecule has 0 fully saturated rings. The van der Waals surface area contributed by atoms with Crippen molar-refractivity contribution in [3.63, 3.8) is 0 Å². The largest absolute Gasteiger partial charge is 0.388 e. The van der Waals surface area contributed by atoms with Gasteiger partial charge in [0, 0.05) is 0 Å². The molecule has 1 radical (unpaired) electrons. The highest BCUT2D eigenvalue weighted by atomic mass is 19.1.